The van der Waals surface area contributed by atoms with Gasteiger partial charge in [-0.05, 0) is 57.6 Å². The first-order valence-corrected chi connectivity index (χ1v) is 9.93. The molecule has 5 nitrogen and oxygen atoms in total. The maximum absolute atomic E-state index is 12.6. The number of carbonyl (C=O) groups excluding carboxylic acids is 2. The Balaban J connectivity index is 1.45. The van der Waals surface area contributed by atoms with Gasteiger partial charge in [0.15, 0.2) is 0 Å². The highest BCUT2D eigenvalue weighted by Gasteiger charge is 2.27. The summed E-state index contributed by atoms with van der Waals surface area (Å²) in [5.74, 6) is 0.277. The molecule has 1 atom stereocenters. The van der Waals surface area contributed by atoms with Crippen molar-refractivity contribution in [3.63, 3.8) is 0 Å². The SMILES string of the molecule is Cc1ccccc1C(=O)NC1CCN(CC(=O)N2CCCC[C@@H]2C)CC1. The van der Waals surface area contributed by atoms with E-state index in [0.29, 0.717) is 12.6 Å². The summed E-state index contributed by atoms with van der Waals surface area (Å²) in [5.41, 5.74) is 1.76. The molecule has 1 aromatic carbocycles. The largest absolute Gasteiger partial charge is 0.349 e. The van der Waals surface area contributed by atoms with Crippen molar-refractivity contribution in [2.75, 3.05) is 26.2 Å². The van der Waals surface area contributed by atoms with Crippen LogP contribution in [0.5, 0.6) is 0 Å². The molecule has 2 aliphatic heterocycles. The minimum absolute atomic E-state index is 0.0137. The van der Waals surface area contributed by atoms with Crippen molar-refractivity contribution in [2.45, 2.75) is 58.0 Å². The standard InChI is InChI=1S/C21H31N3O2/c1-16-7-3-4-9-19(16)21(26)22-18-10-13-23(14-11-18)15-20(25)24-12-6-5-8-17(24)2/h3-4,7,9,17-18H,5-6,8,10-15H2,1-2H3,(H,22,26)/t17-/m0/s1. The van der Waals surface area contributed by atoms with Crippen molar-refractivity contribution in [1.29, 1.82) is 0 Å². The van der Waals surface area contributed by atoms with Crippen LogP contribution in [0.25, 0.3) is 0 Å². The Morgan fingerprint density at radius 2 is 1.81 bits per heavy atom. The summed E-state index contributed by atoms with van der Waals surface area (Å²) in [6.45, 7) is 7.28. The second kappa shape index (κ2) is 8.67. The molecule has 0 radical (unpaired) electrons. The van der Waals surface area contributed by atoms with E-state index >= 15 is 0 Å². The Bertz CT molecular complexity index is 638. The van der Waals surface area contributed by atoms with Gasteiger partial charge in [-0.1, -0.05) is 18.2 Å². The maximum Gasteiger partial charge on any atom is 0.251 e. The Kier molecular flexibility index (Phi) is 6.30. The molecule has 1 aromatic rings. The lowest BCUT2D eigenvalue weighted by molar-refractivity contribution is -0.135. The fraction of sp³-hybridized carbons (Fsp3) is 0.619. The molecule has 0 aliphatic carbocycles. The molecule has 0 bridgehead atoms. The van der Waals surface area contributed by atoms with Crippen LogP contribution < -0.4 is 5.32 Å². The number of nitrogens with one attached hydrogen (secondary N) is 1. The van der Waals surface area contributed by atoms with Crippen molar-refractivity contribution in [3.05, 3.63) is 35.4 Å². The zero-order valence-electron chi connectivity index (χ0n) is 16.0. The third kappa shape index (κ3) is 4.64. The van der Waals surface area contributed by atoms with Crippen LogP contribution in [0.4, 0.5) is 0 Å². The number of hydrogen-bond donors (Lipinski definition) is 1. The van der Waals surface area contributed by atoms with E-state index in [1.807, 2.05) is 31.2 Å². The van der Waals surface area contributed by atoms with Crippen LogP contribution in [0.3, 0.4) is 0 Å². The summed E-state index contributed by atoms with van der Waals surface area (Å²) < 4.78 is 0. The molecule has 26 heavy (non-hydrogen) atoms. The molecule has 5 heteroatoms. The number of hydrogen-bond acceptors (Lipinski definition) is 3. The van der Waals surface area contributed by atoms with Gasteiger partial charge in [0.05, 0.1) is 6.54 Å². The van der Waals surface area contributed by atoms with E-state index in [-0.39, 0.29) is 17.9 Å². The Morgan fingerprint density at radius 3 is 2.50 bits per heavy atom. The van der Waals surface area contributed by atoms with Gasteiger partial charge in [0.1, 0.15) is 0 Å². The predicted octanol–water partition coefficient (Wildman–Crippen LogP) is 2.59. The lowest BCUT2D eigenvalue weighted by atomic mass is 10.0. The van der Waals surface area contributed by atoms with Crippen LogP contribution in [0, 0.1) is 6.92 Å². The van der Waals surface area contributed by atoms with Crippen molar-refractivity contribution >= 4 is 11.8 Å². The highest BCUT2D eigenvalue weighted by Crippen LogP contribution is 2.18. The Labute approximate surface area is 156 Å². The predicted molar refractivity (Wildman–Crippen MR) is 103 cm³/mol. The highest BCUT2D eigenvalue weighted by molar-refractivity contribution is 5.95. The van der Waals surface area contributed by atoms with Crippen molar-refractivity contribution < 1.29 is 9.59 Å². The zero-order valence-corrected chi connectivity index (χ0v) is 16.0. The van der Waals surface area contributed by atoms with Crippen LogP contribution in [-0.2, 0) is 4.79 Å². The molecule has 142 valence electrons. The van der Waals surface area contributed by atoms with Gasteiger partial charge in [0.25, 0.3) is 5.91 Å². The van der Waals surface area contributed by atoms with Gasteiger partial charge in [0.2, 0.25) is 5.91 Å². The molecule has 3 rings (SSSR count). The third-order valence-corrected chi connectivity index (χ3v) is 5.79. The van der Waals surface area contributed by atoms with Gasteiger partial charge in [-0.15, -0.1) is 0 Å². The molecular formula is C21H31N3O2. The number of rotatable bonds is 4. The highest BCUT2D eigenvalue weighted by atomic mass is 16.2. The van der Waals surface area contributed by atoms with E-state index in [0.717, 1.165) is 56.4 Å². The number of amides is 2. The van der Waals surface area contributed by atoms with E-state index in [4.69, 9.17) is 0 Å². The molecule has 2 fully saturated rings. The average molecular weight is 357 g/mol. The Hall–Kier alpha value is -1.88. The minimum Gasteiger partial charge on any atom is -0.349 e. The lowest BCUT2D eigenvalue weighted by Crippen LogP contribution is -2.50. The first kappa shape index (κ1) is 18.9. The summed E-state index contributed by atoms with van der Waals surface area (Å²) in [7, 11) is 0. The summed E-state index contributed by atoms with van der Waals surface area (Å²) in [4.78, 5) is 29.3. The molecule has 1 N–H and O–H groups in total. The smallest absolute Gasteiger partial charge is 0.251 e. The average Bonchev–Trinajstić information content (AvgIpc) is 2.64. The number of aryl methyl sites for hydroxylation is 1. The van der Waals surface area contributed by atoms with Gasteiger partial charge in [0, 0.05) is 37.3 Å². The molecule has 0 aromatic heterocycles. The first-order chi connectivity index (χ1) is 12.5. The van der Waals surface area contributed by atoms with Crippen molar-refractivity contribution in [2.24, 2.45) is 0 Å². The summed E-state index contributed by atoms with van der Waals surface area (Å²) in [6, 6.07) is 8.26. The topological polar surface area (TPSA) is 52.7 Å². The molecule has 2 amide bonds. The molecule has 0 spiro atoms. The van der Waals surface area contributed by atoms with Gasteiger partial charge < -0.3 is 10.2 Å². The van der Waals surface area contributed by atoms with Gasteiger partial charge in [-0.3, -0.25) is 14.5 Å². The number of benzene rings is 1. The lowest BCUT2D eigenvalue weighted by Gasteiger charge is -2.37. The quantitative estimate of drug-likeness (QED) is 0.901. The number of likely N-dealkylation sites (tertiary alicyclic amines) is 2. The van der Waals surface area contributed by atoms with Crippen molar-refractivity contribution in [1.82, 2.24) is 15.1 Å². The maximum atomic E-state index is 12.6. The molecule has 0 unspecified atom stereocenters. The number of piperidine rings is 2. The number of carbonyl (C=O) groups is 2. The van der Waals surface area contributed by atoms with Crippen molar-refractivity contribution in [3.8, 4) is 0 Å². The fourth-order valence-electron chi connectivity index (χ4n) is 4.08. The molecule has 2 aliphatic rings. The van der Waals surface area contributed by atoms with Crippen LogP contribution in [0.2, 0.25) is 0 Å². The molecule has 2 saturated heterocycles. The normalized spacial score (nSPS) is 22.2. The molecule has 0 saturated carbocycles. The van der Waals surface area contributed by atoms with E-state index in [2.05, 4.69) is 22.0 Å². The van der Waals surface area contributed by atoms with E-state index in [1.165, 1.54) is 6.42 Å². The van der Waals surface area contributed by atoms with Gasteiger partial charge in [-0.25, -0.2) is 0 Å². The van der Waals surface area contributed by atoms with Gasteiger partial charge in [-0.2, -0.15) is 0 Å². The van der Waals surface area contributed by atoms with Crippen LogP contribution in [0.15, 0.2) is 24.3 Å². The molecular weight excluding hydrogens is 326 g/mol. The summed E-state index contributed by atoms with van der Waals surface area (Å²) in [6.07, 6.45) is 5.29. The van der Waals surface area contributed by atoms with E-state index < -0.39 is 0 Å². The third-order valence-electron chi connectivity index (χ3n) is 5.79. The Morgan fingerprint density at radius 1 is 1.08 bits per heavy atom. The number of nitrogens with zero attached hydrogens (tertiary/aromatic N) is 2. The van der Waals surface area contributed by atoms with Crippen LogP contribution >= 0.6 is 0 Å². The summed E-state index contributed by atoms with van der Waals surface area (Å²) >= 11 is 0. The van der Waals surface area contributed by atoms with E-state index in [1.54, 1.807) is 0 Å². The summed E-state index contributed by atoms with van der Waals surface area (Å²) in [5, 5.41) is 3.16. The van der Waals surface area contributed by atoms with E-state index in [9.17, 15) is 9.59 Å². The van der Waals surface area contributed by atoms with Crippen LogP contribution in [0.1, 0.15) is 54.9 Å². The first-order valence-electron chi connectivity index (χ1n) is 9.93. The second-order valence-electron chi connectivity index (χ2n) is 7.77. The monoisotopic (exact) mass is 357 g/mol. The molecule has 2 heterocycles. The fourth-order valence-corrected chi connectivity index (χ4v) is 4.08. The zero-order chi connectivity index (χ0) is 18.5. The minimum atomic E-state index is 0.0137. The van der Waals surface area contributed by atoms with Crippen LogP contribution in [-0.4, -0.2) is 59.9 Å². The van der Waals surface area contributed by atoms with Gasteiger partial charge >= 0.3 is 0 Å². The second-order valence-corrected chi connectivity index (χ2v) is 7.77.